The van der Waals surface area contributed by atoms with Crippen molar-refractivity contribution >= 4 is 28.7 Å². The predicted octanol–water partition coefficient (Wildman–Crippen LogP) is 2.99. The van der Waals surface area contributed by atoms with Crippen LogP contribution in [0.25, 0.3) is 0 Å². The van der Waals surface area contributed by atoms with E-state index in [0.717, 1.165) is 12.5 Å². The molecule has 2 heterocycles. The van der Waals surface area contributed by atoms with Gasteiger partial charge in [0.15, 0.2) is 5.17 Å². The summed E-state index contributed by atoms with van der Waals surface area (Å²) in [6.07, 6.45) is 3.95. The van der Waals surface area contributed by atoms with Crippen LogP contribution in [0.4, 0.5) is 0 Å². The summed E-state index contributed by atoms with van der Waals surface area (Å²) in [6.45, 7) is 5.56. The van der Waals surface area contributed by atoms with Crippen LogP contribution in [0, 0.1) is 5.92 Å². The zero-order chi connectivity index (χ0) is 11.4. The fraction of sp³-hybridized carbons (Fsp3) is 0.917. The summed E-state index contributed by atoms with van der Waals surface area (Å²) in [5.41, 5.74) is 0.243. The zero-order valence-electron chi connectivity index (χ0n) is 10.3. The lowest BCUT2D eigenvalue weighted by Gasteiger charge is -2.32. The van der Waals surface area contributed by atoms with Crippen molar-refractivity contribution in [2.75, 3.05) is 23.8 Å². The fourth-order valence-electron chi connectivity index (χ4n) is 2.02. The Hall–Kier alpha value is 0.170. The number of aliphatic imine (C=N–C) groups is 1. The van der Waals surface area contributed by atoms with Crippen molar-refractivity contribution in [3.63, 3.8) is 0 Å². The summed E-state index contributed by atoms with van der Waals surface area (Å²) in [6, 6.07) is 0. The van der Waals surface area contributed by atoms with Gasteiger partial charge in [-0.15, -0.1) is 0 Å². The number of thioether (sulfide) groups is 2. The highest BCUT2D eigenvalue weighted by Crippen LogP contribution is 2.25. The summed E-state index contributed by atoms with van der Waals surface area (Å²) in [4.78, 5) is 4.76. The maximum atomic E-state index is 4.76. The third kappa shape index (κ3) is 3.88. The quantitative estimate of drug-likeness (QED) is 0.824. The molecule has 0 aromatic carbocycles. The first-order chi connectivity index (χ1) is 7.66. The minimum Gasteiger partial charge on any atom is -0.360 e. The lowest BCUT2D eigenvalue weighted by molar-refractivity contribution is 0.443. The minimum absolute atomic E-state index is 0.243. The fourth-order valence-corrected chi connectivity index (χ4v) is 4.54. The van der Waals surface area contributed by atoms with Gasteiger partial charge in [0.05, 0.1) is 0 Å². The molecule has 2 aliphatic rings. The van der Waals surface area contributed by atoms with Crippen molar-refractivity contribution in [1.29, 1.82) is 0 Å². The van der Waals surface area contributed by atoms with Gasteiger partial charge in [-0.25, -0.2) is 0 Å². The second-order valence-corrected chi connectivity index (χ2v) is 7.62. The number of rotatable bonds is 2. The van der Waals surface area contributed by atoms with Crippen LogP contribution in [0.5, 0.6) is 0 Å². The second-order valence-electron chi connectivity index (χ2n) is 5.31. The molecule has 0 unspecified atom stereocenters. The van der Waals surface area contributed by atoms with Crippen molar-refractivity contribution in [3.8, 4) is 0 Å². The first-order valence-corrected chi connectivity index (χ1v) is 8.33. The minimum atomic E-state index is 0.243. The maximum absolute atomic E-state index is 4.76. The summed E-state index contributed by atoms with van der Waals surface area (Å²) >= 11 is 3.98. The van der Waals surface area contributed by atoms with E-state index in [9.17, 15) is 0 Å². The molecular weight excluding hydrogens is 236 g/mol. The summed E-state index contributed by atoms with van der Waals surface area (Å²) in [5.74, 6) is 4.71. The average Bonchev–Trinajstić information content (AvgIpc) is 2.27. The second kappa shape index (κ2) is 5.67. The molecule has 2 fully saturated rings. The van der Waals surface area contributed by atoms with Gasteiger partial charge in [0.25, 0.3) is 0 Å². The normalized spacial score (nSPS) is 29.0. The molecule has 1 N–H and O–H groups in total. The largest absolute Gasteiger partial charge is 0.360 e. The smallest absolute Gasteiger partial charge is 0.156 e. The molecule has 0 aromatic heterocycles. The van der Waals surface area contributed by atoms with Gasteiger partial charge in [0.1, 0.15) is 0 Å². The Morgan fingerprint density at radius 2 is 2.06 bits per heavy atom. The highest BCUT2D eigenvalue weighted by Gasteiger charge is 2.24. The van der Waals surface area contributed by atoms with Gasteiger partial charge >= 0.3 is 0 Å². The van der Waals surface area contributed by atoms with Crippen molar-refractivity contribution in [2.24, 2.45) is 10.9 Å². The highest BCUT2D eigenvalue weighted by molar-refractivity contribution is 8.13. The molecule has 0 aliphatic carbocycles. The van der Waals surface area contributed by atoms with E-state index in [0.29, 0.717) is 0 Å². The van der Waals surface area contributed by atoms with Crippen molar-refractivity contribution < 1.29 is 0 Å². The van der Waals surface area contributed by atoms with Gasteiger partial charge in [0, 0.05) is 17.8 Å². The maximum Gasteiger partial charge on any atom is 0.156 e. The van der Waals surface area contributed by atoms with Crippen LogP contribution < -0.4 is 5.32 Å². The first-order valence-electron chi connectivity index (χ1n) is 6.19. The molecule has 2 rings (SSSR count). The monoisotopic (exact) mass is 258 g/mol. The van der Waals surface area contributed by atoms with Gasteiger partial charge in [-0.3, -0.25) is 4.99 Å². The standard InChI is InChI=1S/C12H22N2S2/c1-12(2)5-8-16-11(14-12)13-9-10-3-6-15-7-4-10/h10H,3-9H2,1-2H3,(H,13,14). The summed E-state index contributed by atoms with van der Waals surface area (Å²) in [5, 5.41) is 4.72. The average molecular weight is 258 g/mol. The van der Waals surface area contributed by atoms with E-state index in [1.165, 1.54) is 41.7 Å². The van der Waals surface area contributed by atoms with Crippen LogP contribution in [0.1, 0.15) is 33.1 Å². The van der Waals surface area contributed by atoms with Crippen LogP contribution in [-0.2, 0) is 0 Å². The Morgan fingerprint density at radius 1 is 1.31 bits per heavy atom. The predicted molar refractivity (Wildman–Crippen MR) is 76.6 cm³/mol. The molecule has 0 bridgehead atoms. The van der Waals surface area contributed by atoms with Gasteiger partial charge in [0.2, 0.25) is 0 Å². The molecule has 2 nitrogen and oxygen atoms in total. The van der Waals surface area contributed by atoms with Crippen LogP contribution in [0.2, 0.25) is 0 Å². The van der Waals surface area contributed by atoms with E-state index in [4.69, 9.17) is 4.99 Å². The first kappa shape index (κ1) is 12.6. The van der Waals surface area contributed by atoms with E-state index in [-0.39, 0.29) is 5.54 Å². The number of nitrogens with zero attached hydrogens (tertiary/aromatic N) is 1. The molecule has 0 saturated carbocycles. The molecule has 0 atom stereocenters. The molecule has 0 spiro atoms. The summed E-state index contributed by atoms with van der Waals surface area (Å²) < 4.78 is 0. The number of amidine groups is 1. The van der Waals surface area contributed by atoms with E-state index in [1.54, 1.807) is 0 Å². The molecule has 0 amide bonds. The van der Waals surface area contributed by atoms with Crippen LogP contribution in [0.15, 0.2) is 4.99 Å². The number of nitrogens with one attached hydrogen (secondary N) is 1. The third-order valence-electron chi connectivity index (χ3n) is 3.25. The number of hydrogen-bond acceptors (Lipinski definition) is 3. The molecule has 92 valence electrons. The third-order valence-corrected chi connectivity index (χ3v) is 5.21. The molecule has 0 radical (unpaired) electrons. The van der Waals surface area contributed by atoms with Crippen molar-refractivity contribution in [2.45, 2.75) is 38.6 Å². The molecule has 4 heteroatoms. The molecular formula is C12H22N2S2. The Labute approximate surface area is 107 Å². The number of hydrogen-bond donors (Lipinski definition) is 1. The summed E-state index contributed by atoms with van der Waals surface area (Å²) in [7, 11) is 0. The topological polar surface area (TPSA) is 24.4 Å². The van der Waals surface area contributed by atoms with Gasteiger partial charge in [-0.05, 0) is 50.5 Å². The Bertz CT molecular complexity index is 258. The van der Waals surface area contributed by atoms with Crippen LogP contribution >= 0.6 is 23.5 Å². The van der Waals surface area contributed by atoms with Gasteiger partial charge in [-0.2, -0.15) is 11.8 Å². The SMILES string of the molecule is CC1(C)CCSC(=NCC2CCSCC2)N1. The van der Waals surface area contributed by atoms with Crippen LogP contribution in [-0.4, -0.2) is 34.5 Å². The van der Waals surface area contributed by atoms with Crippen molar-refractivity contribution in [1.82, 2.24) is 5.32 Å². The molecule has 0 aromatic rings. The van der Waals surface area contributed by atoms with Gasteiger partial charge in [-0.1, -0.05) is 11.8 Å². The zero-order valence-corrected chi connectivity index (χ0v) is 11.9. The lowest BCUT2D eigenvalue weighted by atomic mass is 10.0. The van der Waals surface area contributed by atoms with Gasteiger partial charge < -0.3 is 5.32 Å². The van der Waals surface area contributed by atoms with E-state index in [1.807, 2.05) is 11.8 Å². The van der Waals surface area contributed by atoms with E-state index in [2.05, 4.69) is 30.9 Å². The molecule has 2 saturated heterocycles. The lowest BCUT2D eigenvalue weighted by Crippen LogP contribution is -2.46. The van der Waals surface area contributed by atoms with E-state index < -0.39 is 0 Å². The molecule has 16 heavy (non-hydrogen) atoms. The highest BCUT2D eigenvalue weighted by atomic mass is 32.2. The Balaban J connectivity index is 1.81. The Morgan fingerprint density at radius 3 is 2.75 bits per heavy atom. The Kier molecular flexibility index (Phi) is 4.48. The molecule has 2 aliphatic heterocycles. The van der Waals surface area contributed by atoms with E-state index >= 15 is 0 Å². The van der Waals surface area contributed by atoms with Crippen LogP contribution in [0.3, 0.4) is 0 Å². The van der Waals surface area contributed by atoms with Crippen molar-refractivity contribution in [3.05, 3.63) is 0 Å².